The molecule has 5 unspecified atom stereocenters. The van der Waals surface area contributed by atoms with Crippen molar-refractivity contribution < 1.29 is 13.3 Å². The van der Waals surface area contributed by atoms with Gasteiger partial charge in [0.15, 0.2) is 0 Å². The molecule has 0 radical (unpaired) electrons. The molecule has 2 aliphatic rings. The summed E-state index contributed by atoms with van der Waals surface area (Å²) in [7, 11) is -3.07. The number of para-hydroxylation sites is 1. The smallest absolute Gasteiger partial charge is 0.150 e. The van der Waals surface area contributed by atoms with Crippen molar-refractivity contribution in [2.24, 2.45) is 11.8 Å². The zero-order valence-electron chi connectivity index (χ0n) is 32.1. The molecule has 8 aromatic rings. The van der Waals surface area contributed by atoms with Crippen molar-refractivity contribution in [1.82, 2.24) is 9.97 Å². The second kappa shape index (κ2) is 14.3. The van der Waals surface area contributed by atoms with Gasteiger partial charge >= 0.3 is 0 Å². The maximum absolute atomic E-state index is 17.8. The van der Waals surface area contributed by atoms with Crippen molar-refractivity contribution in [3.05, 3.63) is 199 Å². The number of hydrogen-bond acceptors (Lipinski definition) is 3. The lowest BCUT2D eigenvalue weighted by molar-refractivity contribution is 0.568. The quantitative estimate of drug-likeness (QED) is 0.0959. The number of benzene rings is 6. The molecule has 2 aliphatic carbocycles. The van der Waals surface area contributed by atoms with Gasteiger partial charge in [-0.3, -0.25) is 0 Å². The van der Waals surface area contributed by atoms with Gasteiger partial charge in [0, 0.05) is 65.6 Å². The standard InChI is InChI=1S/C52H39F2N2OP/c1-32-16-12-15-25-44(32)58(57,37-21-10-5-11-22-37)38-27-29-39(33(2)30-38)36-26-28-41-43(31-36)56-52(35-19-8-4-9-20-35)48-46(41)50(54)47-45(49(48)53)40-23-13-14-24-42(40)55-51(47)34-17-6-3-7-18-34/h3-33,39,44H,1-2H3. The van der Waals surface area contributed by atoms with E-state index in [0.29, 0.717) is 44.3 Å². The fourth-order valence-electron chi connectivity index (χ4n) is 9.19. The average molecular weight is 777 g/mol. The molecular weight excluding hydrogens is 738 g/mol. The topological polar surface area (TPSA) is 42.9 Å². The van der Waals surface area contributed by atoms with Crippen molar-refractivity contribution in [3.63, 3.8) is 0 Å². The van der Waals surface area contributed by atoms with Crippen LogP contribution < -0.4 is 5.30 Å². The number of hydrogen-bond donors (Lipinski definition) is 0. The monoisotopic (exact) mass is 776 g/mol. The zero-order chi connectivity index (χ0) is 39.5. The van der Waals surface area contributed by atoms with Gasteiger partial charge in [-0.25, -0.2) is 18.7 Å². The molecule has 0 fully saturated rings. The summed E-state index contributed by atoms with van der Waals surface area (Å²) < 4.78 is 51.0. The minimum atomic E-state index is -3.07. The fourth-order valence-corrected chi connectivity index (χ4v) is 12.7. The minimum Gasteiger partial charge on any atom is -0.313 e. The Morgan fingerprint density at radius 2 is 1.10 bits per heavy atom. The summed E-state index contributed by atoms with van der Waals surface area (Å²) in [5, 5.41) is 3.42. The Bertz CT molecular complexity index is 3100. The van der Waals surface area contributed by atoms with Gasteiger partial charge in [0.1, 0.15) is 18.8 Å². The molecule has 0 saturated carbocycles. The first-order chi connectivity index (χ1) is 28.3. The lowest BCUT2D eigenvalue weighted by Crippen LogP contribution is -2.24. The summed E-state index contributed by atoms with van der Waals surface area (Å²) in [5.74, 6) is -1.02. The zero-order valence-corrected chi connectivity index (χ0v) is 33.0. The Labute approximate surface area is 336 Å². The SMILES string of the molecule is CC1C=C(P(=O)(c2ccccc2)C2C=CC=CC2C)C=CC1c1ccc2c(c1)nc(-c1ccccc1)c1c(F)c3c(c(-c4ccccc4)nc4ccccc43)c(F)c12. The lowest BCUT2D eigenvalue weighted by Gasteiger charge is -2.34. The van der Waals surface area contributed by atoms with Gasteiger partial charge < -0.3 is 4.57 Å². The predicted molar refractivity (Wildman–Crippen MR) is 237 cm³/mol. The third-order valence-corrected chi connectivity index (χ3v) is 15.7. The van der Waals surface area contributed by atoms with E-state index < -0.39 is 18.8 Å². The summed E-state index contributed by atoms with van der Waals surface area (Å²) in [4.78, 5) is 10.1. The normalized spacial score (nSPS) is 20.2. The van der Waals surface area contributed by atoms with Crippen molar-refractivity contribution in [1.29, 1.82) is 0 Å². The number of allylic oxidation sites excluding steroid dienone is 8. The van der Waals surface area contributed by atoms with E-state index in [1.807, 2.05) is 146 Å². The Kier molecular flexibility index (Phi) is 8.88. The van der Waals surface area contributed by atoms with E-state index in [1.54, 1.807) is 6.07 Å². The Morgan fingerprint density at radius 3 is 1.72 bits per heavy atom. The molecule has 0 aliphatic heterocycles. The highest BCUT2D eigenvalue weighted by atomic mass is 31.2. The number of pyridine rings is 2. The Balaban J connectivity index is 1.17. The van der Waals surface area contributed by atoms with E-state index in [2.05, 4.69) is 38.2 Å². The summed E-state index contributed by atoms with van der Waals surface area (Å²) in [6, 6.07) is 42.0. The number of halogens is 2. The molecular formula is C52H39F2N2OP. The van der Waals surface area contributed by atoms with Crippen LogP contribution >= 0.6 is 7.14 Å². The van der Waals surface area contributed by atoms with Crippen LogP contribution in [0.1, 0.15) is 25.3 Å². The molecule has 58 heavy (non-hydrogen) atoms. The summed E-state index contributed by atoms with van der Waals surface area (Å²) >= 11 is 0. The molecule has 0 bridgehead atoms. The van der Waals surface area contributed by atoms with Crippen LogP contribution in [0.4, 0.5) is 8.78 Å². The fraction of sp³-hybridized carbons (Fsp3) is 0.115. The molecule has 6 aromatic carbocycles. The first-order valence-electron chi connectivity index (χ1n) is 19.8. The molecule has 0 amide bonds. The van der Waals surface area contributed by atoms with Crippen LogP contribution in [0.3, 0.4) is 0 Å². The summed E-state index contributed by atoms with van der Waals surface area (Å²) in [6.45, 7) is 4.29. The van der Waals surface area contributed by atoms with Crippen LogP contribution in [0.5, 0.6) is 0 Å². The molecule has 0 spiro atoms. The van der Waals surface area contributed by atoms with E-state index in [4.69, 9.17) is 9.97 Å². The van der Waals surface area contributed by atoms with Crippen molar-refractivity contribution in [2.75, 3.05) is 0 Å². The van der Waals surface area contributed by atoms with E-state index in [0.717, 1.165) is 16.2 Å². The molecule has 0 saturated heterocycles. The van der Waals surface area contributed by atoms with Crippen molar-refractivity contribution >= 4 is 55.8 Å². The predicted octanol–water partition coefficient (Wildman–Crippen LogP) is 13.7. The molecule has 5 atom stereocenters. The van der Waals surface area contributed by atoms with Gasteiger partial charge in [-0.1, -0.05) is 178 Å². The van der Waals surface area contributed by atoms with Gasteiger partial charge in [0.2, 0.25) is 0 Å². The first kappa shape index (κ1) is 36.1. The molecule has 2 heterocycles. The highest BCUT2D eigenvalue weighted by Gasteiger charge is 2.40. The highest BCUT2D eigenvalue weighted by Crippen LogP contribution is 2.62. The van der Waals surface area contributed by atoms with E-state index >= 15 is 13.3 Å². The van der Waals surface area contributed by atoms with E-state index in [9.17, 15) is 0 Å². The van der Waals surface area contributed by atoms with Gasteiger partial charge in [-0.2, -0.15) is 0 Å². The molecule has 3 nitrogen and oxygen atoms in total. The van der Waals surface area contributed by atoms with Crippen LogP contribution in [0, 0.1) is 23.5 Å². The Morgan fingerprint density at radius 1 is 0.552 bits per heavy atom. The van der Waals surface area contributed by atoms with Gasteiger partial charge in [-0.15, -0.1) is 0 Å². The van der Waals surface area contributed by atoms with Crippen molar-refractivity contribution in [2.45, 2.75) is 25.4 Å². The highest BCUT2D eigenvalue weighted by molar-refractivity contribution is 7.76. The molecule has 282 valence electrons. The number of aromatic nitrogens is 2. The molecule has 0 N–H and O–H groups in total. The largest absolute Gasteiger partial charge is 0.313 e. The third-order valence-electron chi connectivity index (χ3n) is 12.1. The van der Waals surface area contributed by atoms with Gasteiger partial charge in [-0.05, 0) is 29.5 Å². The number of nitrogens with zero attached hydrogens (tertiary/aromatic N) is 2. The third kappa shape index (κ3) is 5.71. The van der Waals surface area contributed by atoms with E-state index in [1.165, 1.54) is 0 Å². The average Bonchev–Trinajstić information content (AvgIpc) is 3.27. The number of rotatable bonds is 6. The van der Waals surface area contributed by atoms with Crippen LogP contribution in [-0.2, 0) is 4.57 Å². The van der Waals surface area contributed by atoms with Crippen molar-refractivity contribution in [3.8, 4) is 22.5 Å². The lowest BCUT2D eigenvalue weighted by atomic mass is 9.83. The van der Waals surface area contributed by atoms with Crippen LogP contribution in [0.25, 0.3) is 65.9 Å². The van der Waals surface area contributed by atoms with Crippen LogP contribution in [-0.4, -0.2) is 15.6 Å². The number of fused-ring (bicyclic) bond motifs is 6. The second-order valence-electron chi connectivity index (χ2n) is 15.5. The van der Waals surface area contributed by atoms with Crippen LogP contribution in [0.15, 0.2) is 181 Å². The summed E-state index contributed by atoms with van der Waals surface area (Å²) in [5.41, 5.74) is 4.14. The van der Waals surface area contributed by atoms with Crippen LogP contribution in [0.2, 0.25) is 0 Å². The molecule has 2 aromatic heterocycles. The minimum absolute atomic E-state index is 0.00661. The molecule has 6 heteroatoms. The second-order valence-corrected chi connectivity index (χ2v) is 18.5. The molecule has 10 rings (SSSR count). The Hall–Kier alpha value is -6.29. The maximum Gasteiger partial charge on any atom is 0.150 e. The first-order valence-corrected chi connectivity index (χ1v) is 21.6. The van der Waals surface area contributed by atoms with Gasteiger partial charge in [0.25, 0.3) is 0 Å². The van der Waals surface area contributed by atoms with Gasteiger partial charge in [0.05, 0.1) is 22.4 Å². The summed E-state index contributed by atoms with van der Waals surface area (Å²) in [6.07, 6.45) is 14.6. The van der Waals surface area contributed by atoms with E-state index in [-0.39, 0.29) is 45.0 Å². The maximum atomic E-state index is 17.8.